The summed E-state index contributed by atoms with van der Waals surface area (Å²) < 4.78 is 21.4. The minimum absolute atomic E-state index is 0.116. The molecular formula is C26H28FN9O3. The lowest BCUT2D eigenvalue weighted by Gasteiger charge is -2.18. The van der Waals surface area contributed by atoms with Crippen LogP contribution in [-0.2, 0) is 6.54 Å². The first-order valence-electron chi connectivity index (χ1n) is 12.5. The summed E-state index contributed by atoms with van der Waals surface area (Å²) >= 11 is 0. The lowest BCUT2D eigenvalue weighted by molar-refractivity contribution is 0.0932. The highest BCUT2D eigenvalue weighted by Crippen LogP contribution is 2.35. The summed E-state index contributed by atoms with van der Waals surface area (Å²) in [6.45, 7) is 4.61. The molecule has 0 spiro atoms. The third-order valence-corrected chi connectivity index (χ3v) is 6.10. The van der Waals surface area contributed by atoms with Gasteiger partial charge in [0, 0.05) is 24.3 Å². The summed E-state index contributed by atoms with van der Waals surface area (Å²) in [5.74, 6) is -0.0928. The number of ether oxygens (including phenoxy) is 1. The average Bonchev–Trinajstić information content (AvgIpc) is 3.35. The summed E-state index contributed by atoms with van der Waals surface area (Å²) in [5, 5.41) is 15.9. The first-order valence-corrected chi connectivity index (χ1v) is 12.5. The molecule has 1 aromatic carbocycles. The molecule has 4 aromatic rings. The molecule has 202 valence electrons. The second-order valence-corrected chi connectivity index (χ2v) is 9.08. The van der Waals surface area contributed by atoms with Gasteiger partial charge in [-0.15, -0.1) is 0 Å². The van der Waals surface area contributed by atoms with Crippen molar-refractivity contribution in [3.8, 4) is 17.0 Å². The number of pyridine rings is 1. The second-order valence-electron chi connectivity index (χ2n) is 9.08. The number of carbonyl (C=O) groups is 2. The van der Waals surface area contributed by atoms with Crippen molar-refractivity contribution in [1.29, 1.82) is 0 Å². The predicted octanol–water partition coefficient (Wildman–Crippen LogP) is 3.17. The lowest BCUT2D eigenvalue weighted by Crippen LogP contribution is -2.33. The predicted molar refractivity (Wildman–Crippen MR) is 144 cm³/mol. The first kappa shape index (κ1) is 25.7. The normalized spacial score (nSPS) is 15.2. The minimum Gasteiger partial charge on any atom is -0.473 e. The topological polar surface area (TPSA) is 161 Å². The Morgan fingerprint density at radius 1 is 1.26 bits per heavy atom. The number of hydrogen-bond donors (Lipinski definition) is 5. The maximum absolute atomic E-state index is 14.1. The van der Waals surface area contributed by atoms with Crippen LogP contribution in [-0.4, -0.2) is 50.7 Å². The number of fused-ring (bicyclic) bond motifs is 2. The highest BCUT2D eigenvalue weighted by atomic mass is 19.1. The Labute approximate surface area is 223 Å². The van der Waals surface area contributed by atoms with Crippen molar-refractivity contribution in [3.05, 3.63) is 59.7 Å². The van der Waals surface area contributed by atoms with Crippen LogP contribution in [0.4, 0.5) is 26.5 Å². The molecule has 3 amide bonds. The molecular weight excluding hydrogens is 505 g/mol. The smallest absolute Gasteiger partial charge is 0.319 e. The van der Waals surface area contributed by atoms with Crippen LogP contribution in [0.1, 0.15) is 36.2 Å². The van der Waals surface area contributed by atoms with Gasteiger partial charge in [-0.05, 0) is 37.1 Å². The Balaban J connectivity index is 1.57. The molecule has 0 aliphatic carbocycles. The SMILES string of the molecule is CCCNC(=O)Nc1ccc(-c2c3nc4c(cnn4c2N)C(=O)NC[C@H](C)Oc2ncc(F)cc2CN3)cc1. The summed E-state index contributed by atoms with van der Waals surface area (Å²) in [7, 11) is 0. The van der Waals surface area contributed by atoms with Crippen molar-refractivity contribution in [2.45, 2.75) is 32.9 Å². The van der Waals surface area contributed by atoms with Crippen LogP contribution < -0.4 is 31.7 Å². The molecule has 39 heavy (non-hydrogen) atoms. The monoisotopic (exact) mass is 533 g/mol. The van der Waals surface area contributed by atoms with E-state index in [1.165, 1.54) is 16.8 Å². The van der Waals surface area contributed by atoms with Crippen molar-refractivity contribution in [1.82, 2.24) is 30.2 Å². The van der Waals surface area contributed by atoms with Crippen molar-refractivity contribution in [3.63, 3.8) is 0 Å². The van der Waals surface area contributed by atoms with E-state index >= 15 is 0 Å². The van der Waals surface area contributed by atoms with Gasteiger partial charge in [0.15, 0.2) is 5.65 Å². The van der Waals surface area contributed by atoms with Crippen LogP contribution in [0.3, 0.4) is 0 Å². The minimum atomic E-state index is -0.517. The van der Waals surface area contributed by atoms with E-state index in [1.54, 1.807) is 31.2 Å². The number of benzene rings is 1. The molecule has 5 rings (SSSR count). The number of amides is 3. The Morgan fingerprint density at radius 2 is 2.05 bits per heavy atom. The van der Waals surface area contributed by atoms with E-state index in [4.69, 9.17) is 15.5 Å². The molecule has 1 aliphatic rings. The fraction of sp³-hybridized carbons (Fsp3) is 0.269. The molecule has 0 saturated carbocycles. The quantitative estimate of drug-likeness (QED) is 0.267. The number of rotatable bonds is 4. The van der Waals surface area contributed by atoms with Crippen LogP contribution in [0.5, 0.6) is 5.88 Å². The van der Waals surface area contributed by atoms with Crippen LogP contribution >= 0.6 is 0 Å². The maximum Gasteiger partial charge on any atom is 0.319 e. The number of anilines is 3. The third-order valence-electron chi connectivity index (χ3n) is 6.10. The maximum atomic E-state index is 14.1. The molecule has 2 bridgehead atoms. The van der Waals surface area contributed by atoms with E-state index in [9.17, 15) is 14.0 Å². The Kier molecular flexibility index (Phi) is 7.12. The van der Waals surface area contributed by atoms with Gasteiger partial charge in [0.1, 0.15) is 29.1 Å². The fourth-order valence-corrected chi connectivity index (χ4v) is 4.17. The van der Waals surface area contributed by atoms with Gasteiger partial charge >= 0.3 is 6.03 Å². The zero-order chi connectivity index (χ0) is 27.5. The zero-order valence-electron chi connectivity index (χ0n) is 21.4. The van der Waals surface area contributed by atoms with E-state index in [0.29, 0.717) is 34.7 Å². The zero-order valence-corrected chi connectivity index (χ0v) is 21.4. The average molecular weight is 534 g/mol. The van der Waals surface area contributed by atoms with Crippen LogP contribution in [0, 0.1) is 5.82 Å². The van der Waals surface area contributed by atoms with Crippen molar-refractivity contribution >= 4 is 34.9 Å². The number of nitrogen functional groups attached to an aromatic ring is 1. The highest BCUT2D eigenvalue weighted by molar-refractivity contribution is 6.01. The molecule has 3 aromatic heterocycles. The summed E-state index contributed by atoms with van der Waals surface area (Å²) in [4.78, 5) is 33.8. The lowest BCUT2D eigenvalue weighted by atomic mass is 10.1. The van der Waals surface area contributed by atoms with Crippen LogP contribution in [0.2, 0.25) is 0 Å². The number of halogens is 1. The highest BCUT2D eigenvalue weighted by Gasteiger charge is 2.23. The molecule has 0 fully saturated rings. The van der Waals surface area contributed by atoms with E-state index in [0.717, 1.165) is 12.6 Å². The molecule has 4 heterocycles. The molecule has 0 radical (unpaired) electrons. The number of carbonyl (C=O) groups excluding carboxylic acids is 2. The van der Waals surface area contributed by atoms with Crippen LogP contribution in [0.25, 0.3) is 16.8 Å². The van der Waals surface area contributed by atoms with Gasteiger partial charge in [-0.2, -0.15) is 9.61 Å². The van der Waals surface area contributed by atoms with Gasteiger partial charge in [-0.3, -0.25) is 4.79 Å². The van der Waals surface area contributed by atoms with Crippen molar-refractivity contribution < 1.29 is 18.7 Å². The molecule has 6 N–H and O–H groups in total. The second kappa shape index (κ2) is 10.8. The van der Waals surface area contributed by atoms with Gasteiger partial charge in [-0.1, -0.05) is 19.1 Å². The van der Waals surface area contributed by atoms with Crippen molar-refractivity contribution in [2.24, 2.45) is 0 Å². The summed E-state index contributed by atoms with van der Waals surface area (Å²) in [5.41, 5.74) is 9.32. The van der Waals surface area contributed by atoms with Gasteiger partial charge < -0.3 is 31.7 Å². The van der Waals surface area contributed by atoms with Gasteiger partial charge in [0.2, 0.25) is 5.88 Å². The number of nitrogens with two attached hydrogens (primary N) is 1. The number of aromatic nitrogens is 4. The van der Waals surface area contributed by atoms with E-state index in [1.807, 2.05) is 6.92 Å². The van der Waals surface area contributed by atoms with Crippen molar-refractivity contribution in [2.75, 3.05) is 29.5 Å². The third kappa shape index (κ3) is 5.37. The Hall–Kier alpha value is -4.94. The van der Waals surface area contributed by atoms with Gasteiger partial charge in [0.05, 0.1) is 24.5 Å². The summed E-state index contributed by atoms with van der Waals surface area (Å²) in [6.07, 6.45) is 2.86. The van der Waals surface area contributed by atoms with Gasteiger partial charge in [-0.25, -0.2) is 19.2 Å². The Morgan fingerprint density at radius 3 is 2.82 bits per heavy atom. The molecule has 0 unspecified atom stereocenters. The molecule has 12 nitrogen and oxygen atoms in total. The van der Waals surface area contributed by atoms with Crippen LogP contribution in [0.15, 0.2) is 42.7 Å². The largest absolute Gasteiger partial charge is 0.473 e. The molecule has 1 aliphatic heterocycles. The standard InChI is InChI=1S/C26H28FN9O3/c1-3-8-29-26(38)34-18-6-4-15(5-7-18)20-21(28)36-23-19(13-33-36)24(37)31-10-14(2)39-25-16(9-17(27)12-32-25)11-30-22(20)35-23/h4-7,9,12-14H,3,8,10-11,28H2,1-2H3,(H,30,35)(H,31,37)(H2,29,34,38)/t14-/m0/s1. The number of urea groups is 1. The first-order chi connectivity index (χ1) is 18.8. The fourth-order valence-electron chi connectivity index (χ4n) is 4.17. The molecule has 13 heteroatoms. The Bertz CT molecular complexity index is 1540. The van der Waals surface area contributed by atoms with E-state index in [2.05, 4.69) is 31.3 Å². The number of hydrogen-bond acceptors (Lipinski definition) is 8. The molecule has 1 atom stereocenters. The number of nitrogens with zero attached hydrogens (tertiary/aromatic N) is 4. The van der Waals surface area contributed by atoms with E-state index < -0.39 is 17.8 Å². The summed E-state index contributed by atoms with van der Waals surface area (Å²) in [6, 6.07) is 8.07. The number of nitrogens with one attached hydrogen (secondary N) is 4. The molecule has 0 saturated heterocycles. The van der Waals surface area contributed by atoms with E-state index in [-0.39, 0.29) is 42.0 Å². The van der Waals surface area contributed by atoms with Gasteiger partial charge in [0.25, 0.3) is 5.91 Å².